The van der Waals surface area contributed by atoms with Crippen molar-refractivity contribution in [3.05, 3.63) is 64.7 Å². The average Bonchev–Trinajstić information content (AvgIpc) is 2.50. The van der Waals surface area contributed by atoms with Crippen molar-refractivity contribution in [1.82, 2.24) is 4.31 Å². The second-order valence-corrected chi connectivity index (χ2v) is 8.07. The van der Waals surface area contributed by atoms with Crippen molar-refractivity contribution in [3.63, 3.8) is 0 Å². The maximum absolute atomic E-state index is 13.1. The van der Waals surface area contributed by atoms with E-state index in [9.17, 15) is 13.2 Å². The van der Waals surface area contributed by atoms with Gasteiger partial charge in [-0.05, 0) is 43.9 Å². The van der Waals surface area contributed by atoms with Crippen molar-refractivity contribution in [2.75, 3.05) is 13.1 Å². The van der Waals surface area contributed by atoms with Crippen molar-refractivity contribution in [2.45, 2.75) is 32.1 Å². The number of carboxylic acids is 1. The molecule has 5 nitrogen and oxygen atoms in total. The van der Waals surface area contributed by atoms with Crippen LogP contribution in [0.3, 0.4) is 0 Å². The Kier molecular flexibility index (Phi) is 5.98. The second kappa shape index (κ2) is 7.80. The summed E-state index contributed by atoms with van der Waals surface area (Å²) >= 11 is 0. The summed E-state index contributed by atoms with van der Waals surface area (Å²) in [7, 11) is -3.89. The third-order valence-corrected chi connectivity index (χ3v) is 6.16. The quantitative estimate of drug-likeness (QED) is 0.823. The van der Waals surface area contributed by atoms with Crippen LogP contribution in [-0.2, 0) is 21.2 Å². The number of hydrogen-bond donors (Lipinski definition) is 1. The zero-order valence-corrected chi connectivity index (χ0v) is 15.5. The Morgan fingerprint density at radius 2 is 1.60 bits per heavy atom. The van der Waals surface area contributed by atoms with Crippen LogP contribution in [0.5, 0.6) is 0 Å². The van der Waals surface area contributed by atoms with Gasteiger partial charge in [-0.3, -0.25) is 4.79 Å². The number of hydrogen-bond acceptors (Lipinski definition) is 3. The molecule has 2 rings (SSSR count). The summed E-state index contributed by atoms with van der Waals surface area (Å²) in [5, 5.41) is 9.17. The van der Waals surface area contributed by atoms with E-state index in [-0.39, 0.29) is 11.4 Å². The van der Waals surface area contributed by atoms with E-state index in [0.29, 0.717) is 17.5 Å². The number of rotatable bonds is 7. The average molecular weight is 361 g/mol. The van der Waals surface area contributed by atoms with E-state index in [0.717, 1.165) is 15.4 Å². The van der Waals surface area contributed by atoms with E-state index in [1.54, 1.807) is 26.0 Å². The van der Waals surface area contributed by atoms with Gasteiger partial charge in [-0.25, -0.2) is 8.42 Å². The minimum Gasteiger partial charge on any atom is -0.480 e. The van der Waals surface area contributed by atoms with Gasteiger partial charge in [0.15, 0.2) is 0 Å². The molecule has 0 radical (unpaired) electrons. The van der Waals surface area contributed by atoms with Gasteiger partial charge in [0.25, 0.3) is 0 Å². The first-order valence-electron chi connectivity index (χ1n) is 8.05. The molecule has 0 aromatic heterocycles. The number of carbonyl (C=O) groups is 1. The first-order valence-corrected chi connectivity index (χ1v) is 9.49. The summed E-state index contributed by atoms with van der Waals surface area (Å²) in [5.74, 6) is -1.17. The lowest BCUT2D eigenvalue weighted by atomic mass is 10.1. The predicted molar refractivity (Wildman–Crippen MR) is 97.2 cm³/mol. The van der Waals surface area contributed by atoms with Crippen LogP contribution in [0.2, 0.25) is 0 Å². The molecule has 0 heterocycles. The lowest BCUT2D eigenvalue weighted by Crippen LogP contribution is -2.37. The topological polar surface area (TPSA) is 74.7 Å². The van der Waals surface area contributed by atoms with Crippen LogP contribution in [0.1, 0.15) is 22.3 Å². The maximum atomic E-state index is 13.1. The molecule has 0 amide bonds. The van der Waals surface area contributed by atoms with E-state index in [4.69, 9.17) is 5.11 Å². The third-order valence-electron chi connectivity index (χ3n) is 4.01. The summed E-state index contributed by atoms with van der Waals surface area (Å²) in [6.07, 6.45) is 0.456. The highest BCUT2D eigenvalue weighted by Crippen LogP contribution is 2.25. The van der Waals surface area contributed by atoms with Gasteiger partial charge in [0.2, 0.25) is 10.0 Å². The molecule has 0 aliphatic heterocycles. The fraction of sp³-hybridized carbons (Fsp3) is 0.316. The third kappa shape index (κ3) is 4.67. The molecule has 0 saturated heterocycles. The van der Waals surface area contributed by atoms with Crippen molar-refractivity contribution >= 4 is 16.0 Å². The summed E-state index contributed by atoms with van der Waals surface area (Å²) < 4.78 is 27.3. The maximum Gasteiger partial charge on any atom is 0.318 e. The van der Waals surface area contributed by atoms with Gasteiger partial charge < -0.3 is 5.11 Å². The lowest BCUT2D eigenvalue weighted by molar-refractivity contribution is -0.137. The molecule has 0 fully saturated rings. The summed E-state index contributed by atoms with van der Waals surface area (Å²) in [6, 6.07) is 13.0. The number of aliphatic carboxylic acids is 1. The fourth-order valence-corrected chi connectivity index (χ4v) is 4.84. The first-order chi connectivity index (χ1) is 11.7. The van der Waals surface area contributed by atoms with Crippen molar-refractivity contribution in [1.29, 1.82) is 0 Å². The van der Waals surface area contributed by atoms with Gasteiger partial charge in [0, 0.05) is 6.54 Å². The van der Waals surface area contributed by atoms with Crippen LogP contribution in [0.25, 0.3) is 0 Å². The van der Waals surface area contributed by atoms with Gasteiger partial charge in [-0.2, -0.15) is 4.31 Å². The van der Waals surface area contributed by atoms with Crippen LogP contribution in [0.4, 0.5) is 0 Å². The van der Waals surface area contributed by atoms with Gasteiger partial charge in [-0.1, -0.05) is 48.0 Å². The number of sulfonamides is 1. The monoisotopic (exact) mass is 361 g/mol. The van der Waals surface area contributed by atoms with Crippen LogP contribution < -0.4 is 0 Å². The number of nitrogens with zero attached hydrogens (tertiary/aromatic N) is 1. The summed E-state index contributed by atoms with van der Waals surface area (Å²) in [4.78, 5) is 11.4. The zero-order chi connectivity index (χ0) is 18.6. The number of aryl methyl sites for hydroxylation is 3. The van der Waals surface area contributed by atoms with Gasteiger partial charge in [0.1, 0.15) is 6.54 Å². The van der Waals surface area contributed by atoms with Gasteiger partial charge in [-0.15, -0.1) is 0 Å². The van der Waals surface area contributed by atoms with Crippen LogP contribution in [0, 0.1) is 20.8 Å². The Hall–Kier alpha value is -2.18. The molecule has 0 aliphatic rings. The van der Waals surface area contributed by atoms with E-state index < -0.39 is 22.5 Å². The molecule has 0 bridgehead atoms. The first kappa shape index (κ1) is 19.1. The second-order valence-electron chi connectivity index (χ2n) is 6.20. The van der Waals surface area contributed by atoms with Crippen LogP contribution >= 0.6 is 0 Å². The standard InChI is InChI=1S/C19H23NO4S/c1-14-11-15(2)19(16(3)12-14)25(23,24)20(13-18(21)22)10-9-17-7-5-4-6-8-17/h4-8,11-12H,9-10,13H2,1-3H3,(H,21,22). The lowest BCUT2D eigenvalue weighted by Gasteiger charge is -2.23. The minimum absolute atomic E-state index is 0.116. The van der Waals surface area contributed by atoms with Gasteiger partial charge in [0.05, 0.1) is 4.90 Å². The molecule has 25 heavy (non-hydrogen) atoms. The van der Waals surface area contributed by atoms with Crippen molar-refractivity contribution < 1.29 is 18.3 Å². The smallest absolute Gasteiger partial charge is 0.318 e. The van der Waals surface area contributed by atoms with E-state index in [1.165, 1.54) is 0 Å². The molecule has 0 unspecified atom stereocenters. The predicted octanol–water partition coefficient (Wildman–Crippen LogP) is 2.93. The normalized spacial score (nSPS) is 11.7. The highest BCUT2D eigenvalue weighted by Gasteiger charge is 2.29. The summed E-state index contributed by atoms with van der Waals surface area (Å²) in [6.45, 7) is 4.94. The molecule has 0 saturated carbocycles. The Morgan fingerprint density at radius 3 is 2.12 bits per heavy atom. The van der Waals surface area contributed by atoms with Crippen LogP contribution in [-0.4, -0.2) is 36.9 Å². The molecule has 6 heteroatoms. The summed E-state index contributed by atoms with van der Waals surface area (Å²) in [5.41, 5.74) is 3.20. The van der Waals surface area contributed by atoms with E-state index in [2.05, 4.69) is 0 Å². The Bertz CT molecular complexity index is 837. The van der Waals surface area contributed by atoms with Crippen LogP contribution in [0.15, 0.2) is 47.4 Å². The zero-order valence-electron chi connectivity index (χ0n) is 14.7. The molecule has 0 aliphatic carbocycles. The molecule has 2 aromatic rings. The Balaban J connectivity index is 2.37. The minimum atomic E-state index is -3.89. The van der Waals surface area contributed by atoms with E-state index in [1.807, 2.05) is 37.3 Å². The molecule has 0 atom stereocenters. The number of carboxylic acid groups (broad SMARTS) is 1. The molecular weight excluding hydrogens is 338 g/mol. The van der Waals surface area contributed by atoms with Crippen molar-refractivity contribution in [3.8, 4) is 0 Å². The Labute approximate surface area is 149 Å². The van der Waals surface area contributed by atoms with E-state index >= 15 is 0 Å². The fourth-order valence-electron chi connectivity index (χ4n) is 3.04. The molecule has 134 valence electrons. The van der Waals surface area contributed by atoms with Gasteiger partial charge >= 0.3 is 5.97 Å². The highest BCUT2D eigenvalue weighted by molar-refractivity contribution is 7.89. The Morgan fingerprint density at radius 1 is 1.04 bits per heavy atom. The van der Waals surface area contributed by atoms with Crippen molar-refractivity contribution in [2.24, 2.45) is 0 Å². The molecule has 1 N–H and O–H groups in total. The molecule has 0 spiro atoms. The molecule has 2 aromatic carbocycles. The molecular formula is C19H23NO4S. The largest absolute Gasteiger partial charge is 0.480 e. The number of benzene rings is 2. The SMILES string of the molecule is Cc1cc(C)c(S(=O)(=O)N(CCc2ccccc2)CC(=O)O)c(C)c1. The highest BCUT2D eigenvalue weighted by atomic mass is 32.2.